The lowest BCUT2D eigenvalue weighted by Gasteiger charge is -2.08. The van der Waals surface area contributed by atoms with Crippen molar-refractivity contribution in [2.24, 2.45) is 0 Å². The fourth-order valence-corrected chi connectivity index (χ4v) is 4.46. The van der Waals surface area contributed by atoms with Crippen LogP contribution in [0.15, 0.2) is 40.9 Å². The molecule has 0 bridgehead atoms. The summed E-state index contributed by atoms with van der Waals surface area (Å²) in [5.41, 5.74) is 4.29. The van der Waals surface area contributed by atoms with E-state index in [2.05, 4.69) is 31.2 Å². The first-order valence-corrected chi connectivity index (χ1v) is 9.74. The number of pyridine rings is 1. The zero-order valence-corrected chi connectivity index (χ0v) is 16.1. The summed E-state index contributed by atoms with van der Waals surface area (Å²) in [7, 11) is 0. The fraction of sp³-hybridized carbons (Fsp3) is 0.211. The number of fused-ring (bicyclic) bond motifs is 1. The third-order valence-corrected chi connectivity index (χ3v) is 5.83. The van der Waals surface area contributed by atoms with Crippen LogP contribution in [0.1, 0.15) is 33.0 Å². The Kier molecular flexibility index (Phi) is 4.39. The maximum atomic E-state index is 12.6. The monoisotopic (exact) mass is 413 g/mol. The van der Waals surface area contributed by atoms with Crippen molar-refractivity contribution in [1.29, 1.82) is 0 Å². The van der Waals surface area contributed by atoms with Crippen LogP contribution in [0.4, 0.5) is 5.13 Å². The minimum Gasteiger partial charge on any atom is -0.298 e. The molecule has 3 aromatic rings. The molecule has 4 nitrogen and oxygen atoms in total. The van der Waals surface area contributed by atoms with Crippen molar-refractivity contribution in [2.75, 3.05) is 5.32 Å². The van der Waals surface area contributed by atoms with E-state index in [1.165, 1.54) is 11.3 Å². The second-order valence-corrected chi connectivity index (χ2v) is 8.04. The fourth-order valence-electron chi connectivity index (χ4n) is 3.02. The Labute approximate surface area is 158 Å². The molecule has 0 saturated heterocycles. The standard InChI is InChI=1S/C19H16BrN3OS/c1-11-14(8-9-15(21-11)12-4-2-5-13(20)10-12)18(24)23-19-22-16-6-3-7-17(16)25-19/h2,4-5,8-10H,3,6-7H2,1H3,(H,22,23,24). The lowest BCUT2D eigenvalue weighted by Crippen LogP contribution is -2.14. The van der Waals surface area contributed by atoms with Gasteiger partial charge in [0.2, 0.25) is 0 Å². The van der Waals surface area contributed by atoms with Crippen molar-refractivity contribution in [3.63, 3.8) is 0 Å². The Morgan fingerprint density at radius 2 is 2.08 bits per heavy atom. The predicted molar refractivity (Wildman–Crippen MR) is 104 cm³/mol. The maximum Gasteiger partial charge on any atom is 0.259 e. The molecule has 4 rings (SSSR count). The second-order valence-electron chi connectivity index (χ2n) is 6.04. The van der Waals surface area contributed by atoms with Gasteiger partial charge in [0.15, 0.2) is 5.13 Å². The molecule has 0 radical (unpaired) electrons. The van der Waals surface area contributed by atoms with E-state index in [4.69, 9.17) is 0 Å². The largest absolute Gasteiger partial charge is 0.298 e. The molecule has 0 saturated carbocycles. The molecule has 1 aliphatic carbocycles. The minimum atomic E-state index is -0.154. The summed E-state index contributed by atoms with van der Waals surface area (Å²) in [5, 5.41) is 3.60. The number of aryl methyl sites for hydroxylation is 3. The van der Waals surface area contributed by atoms with Gasteiger partial charge in [0.25, 0.3) is 5.91 Å². The lowest BCUT2D eigenvalue weighted by molar-refractivity contribution is 0.102. The van der Waals surface area contributed by atoms with Crippen molar-refractivity contribution in [1.82, 2.24) is 9.97 Å². The third kappa shape index (κ3) is 3.37. The molecular formula is C19H16BrN3OS. The number of benzene rings is 1. The highest BCUT2D eigenvalue weighted by molar-refractivity contribution is 9.10. The SMILES string of the molecule is Cc1nc(-c2cccc(Br)c2)ccc1C(=O)Nc1nc2c(s1)CCC2. The molecule has 1 aliphatic rings. The third-order valence-electron chi connectivity index (χ3n) is 4.27. The second kappa shape index (κ2) is 6.69. The van der Waals surface area contributed by atoms with Gasteiger partial charge in [-0.3, -0.25) is 15.1 Å². The van der Waals surface area contributed by atoms with Crippen LogP contribution in [0.2, 0.25) is 0 Å². The summed E-state index contributed by atoms with van der Waals surface area (Å²) in [4.78, 5) is 23.0. The van der Waals surface area contributed by atoms with Crippen LogP contribution < -0.4 is 5.32 Å². The summed E-state index contributed by atoms with van der Waals surface area (Å²) in [6, 6.07) is 11.7. The van der Waals surface area contributed by atoms with Gasteiger partial charge in [-0.05, 0) is 50.5 Å². The molecule has 0 atom stereocenters. The number of carbonyl (C=O) groups is 1. The van der Waals surface area contributed by atoms with Crippen molar-refractivity contribution in [3.8, 4) is 11.3 Å². The molecular weight excluding hydrogens is 398 g/mol. The molecule has 0 fully saturated rings. The van der Waals surface area contributed by atoms with E-state index in [1.807, 2.05) is 43.3 Å². The highest BCUT2D eigenvalue weighted by Gasteiger charge is 2.19. The van der Waals surface area contributed by atoms with E-state index in [1.54, 1.807) is 11.3 Å². The van der Waals surface area contributed by atoms with Crippen molar-refractivity contribution < 1.29 is 4.79 Å². The molecule has 2 heterocycles. The number of aromatic nitrogens is 2. The van der Waals surface area contributed by atoms with E-state index < -0.39 is 0 Å². The average Bonchev–Trinajstić information content (AvgIpc) is 3.16. The van der Waals surface area contributed by atoms with Gasteiger partial charge in [0.1, 0.15) is 0 Å². The van der Waals surface area contributed by atoms with Crippen molar-refractivity contribution in [2.45, 2.75) is 26.2 Å². The van der Waals surface area contributed by atoms with Crippen LogP contribution in [0, 0.1) is 6.92 Å². The van der Waals surface area contributed by atoms with Crippen LogP contribution >= 0.6 is 27.3 Å². The molecule has 1 aromatic carbocycles. The van der Waals surface area contributed by atoms with Gasteiger partial charge < -0.3 is 0 Å². The Morgan fingerprint density at radius 1 is 1.20 bits per heavy atom. The van der Waals surface area contributed by atoms with E-state index in [0.717, 1.165) is 34.3 Å². The van der Waals surface area contributed by atoms with Gasteiger partial charge >= 0.3 is 0 Å². The van der Waals surface area contributed by atoms with Gasteiger partial charge in [-0.2, -0.15) is 0 Å². The first kappa shape index (κ1) is 16.4. The zero-order chi connectivity index (χ0) is 17.4. The summed E-state index contributed by atoms with van der Waals surface area (Å²) in [5.74, 6) is -0.154. The van der Waals surface area contributed by atoms with E-state index in [9.17, 15) is 4.79 Å². The first-order valence-electron chi connectivity index (χ1n) is 8.13. The molecule has 0 aliphatic heterocycles. The Bertz CT molecular complexity index is 946. The number of halogens is 1. The summed E-state index contributed by atoms with van der Waals surface area (Å²) in [6.07, 6.45) is 3.26. The van der Waals surface area contributed by atoms with Crippen LogP contribution in [0.3, 0.4) is 0 Å². The topological polar surface area (TPSA) is 54.9 Å². The Morgan fingerprint density at radius 3 is 2.84 bits per heavy atom. The van der Waals surface area contributed by atoms with E-state index in [0.29, 0.717) is 16.4 Å². The van der Waals surface area contributed by atoms with Gasteiger partial charge in [0.05, 0.1) is 22.6 Å². The van der Waals surface area contributed by atoms with Gasteiger partial charge in [-0.15, -0.1) is 11.3 Å². The predicted octanol–water partition coefficient (Wildman–Crippen LogP) is 5.02. The van der Waals surface area contributed by atoms with Crippen molar-refractivity contribution >= 4 is 38.3 Å². The zero-order valence-electron chi connectivity index (χ0n) is 13.7. The van der Waals surface area contributed by atoms with Crippen LogP contribution in [0.5, 0.6) is 0 Å². The van der Waals surface area contributed by atoms with Gasteiger partial charge in [-0.25, -0.2) is 4.98 Å². The van der Waals surface area contributed by atoms with Crippen molar-refractivity contribution in [3.05, 3.63) is 62.7 Å². The number of nitrogens with one attached hydrogen (secondary N) is 1. The van der Waals surface area contributed by atoms with Gasteiger partial charge in [0, 0.05) is 14.9 Å². The maximum absolute atomic E-state index is 12.6. The molecule has 126 valence electrons. The number of nitrogens with zero attached hydrogens (tertiary/aromatic N) is 2. The summed E-state index contributed by atoms with van der Waals surface area (Å²) < 4.78 is 1.00. The molecule has 0 unspecified atom stereocenters. The lowest BCUT2D eigenvalue weighted by atomic mass is 10.1. The number of hydrogen-bond donors (Lipinski definition) is 1. The average molecular weight is 414 g/mol. The number of thiazole rings is 1. The van der Waals surface area contributed by atoms with Crippen LogP contribution in [-0.2, 0) is 12.8 Å². The number of amides is 1. The number of hydrogen-bond acceptors (Lipinski definition) is 4. The molecule has 0 spiro atoms. The Balaban J connectivity index is 1.56. The minimum absolute atomic E-state index is 0.154. The number of rotatable bonds is 3. The van der Waals surface area contributed by atoms with E-state index in [-0.39, 0.29) is 5.91 Å². The van der Waals surface area contributed by atoms with Crippen LogP contribution in [0.25, 0.3) is 11.3 Å². The number of anilines is 1. The molecule has 1 N–H and O–H groups in total. The smallest absolute Gasteiger partial charge is 0.259 e. The summed E-state index contributed by atoms with van der Waals surface area (Å²) in [6.45, 7) is 1.86. The molecule has 6 heteroatoms. The Hall–Kier alpha value is -2.05. The molecule has 1 amide bonds. The number of carbonyl (C=O) groups excluding carboxylic acids is 1. The normalized spacial score (nSPS) is 12.9. The summed E-state index contributed by atoms with van der Waals surface area (Å²) >= 11 is 5.06. The molecule has 25 heavy (non-hydrogen) atoms. The van der Waals surface area contributed by atoms with Crippen LogP contribution in [-0.4, -0.2) is 15.9 Å². The highest BCUT2D eigenvalue weighted by atomic mass is 79.9. The highest BCUT2D eigenvalue weighted by Crippen LogP contribution is 2.31. The first-order chi connectivity index (χ1) is 12.1. The van der Waals surface area contributed by atoms with Gasteiger partial charge in [-0.1, -0.05) is 28.1 Å². The quantitative estimate of drug-likeness (QED) is 0.655. The molecule has 2 aromatic heterocycles. The van der Waals surface area contributed by atoms with E-state index >= 15 is 0 Å².